The second kappa shape index (κ2) is 46.0. The van der Waals surface area contributed by atoms with Crippen LogP contribution in [0.4, 0.5) is 4.79 Å². The first-order chi connectivity index (χ1) is 37.4. The number of amides is 2. The summed E-state index contributed by atoms with van der Waals surface area (Å²) in [7, 11) is -1.34. The Morgan fingerprint density at radius 3 is 1.58 bits per heavy atom. The number of carbonyl (C=O) groups is 4. The molecule has 2 amide bonds. The summed E-state index contributed by atoms with van der Waals surface area (Å²) in [4.78, 5) is 52.1. The third kappa shape index (κ3) is 40.6. The number of phosphoric acid groups is 1. The van der Waals surface area contributed by atoms with Crippen LogP contribution in [0.1, 0.15) is 280 Å². The Hall–Kier alpha value is -2.55. The van der Waals surface area contributed by atoms with E-state index in [0.29, 0.717) is 38.7 Å². The Balaban J connectivity index is 2.60. The normalized spacial score (nSPS) is 17.6. The number of carbonyl (C=O) groups excluding carboxylic acids is 4. The maximum Gasteiger partial charge on any atom is 0.474 e. The molecule has 1 rings (SSSR count). The first-order valence-electron chi connectivity index (χ1n) is 31.3. The van der Waals surface area contributed by atoms with E-state index >= 15 is 0 Å². The van der Waals surface area contributed by atoms with Crippen molar-refractivity contribution in [3.05, 3.63) is 12.2 Å². The minimum Gasteiger partial charge on any atom is -0.462 e. The number of hydrogen-bond acceptors (Lipinski definition) is 13. The van der Waals surface area contributed by atoms with E-state index in [0.717, 1.165) is 38.5 Å². The van der Waals surface area contributed by atoms with Gasteiger partial charge in [0.2, 0.25) is 5.91 Å². The summed E-state index contributed by atoms with van der Waals surface area (Å²) in [6.07, 6.45) is 41.1. The molecule has 1 aliphatic rings. The van der Waals surface area contributed by atoms with Crippen LogP contribution < -0.4 is 10.6 Å². The molecule has 4 atom stereocenters. The van der Waals surface area contributed by atoms with Crippen LogP contribution >= 0.6 is 7.82 Å². The number of unbranched alkanes of at least 4 members (excludes halogenated alkanes) is 28. The van der Waals surface area contributed by atoms with Gasteiger partial charge in [-0.25, -0.2) is 9.36 Å². The van der Waals surface area contributed by atoms with Crippen molar-refractivity contribution in [3.8, 4) is 0 Å². The highest BCUT2D eigenvalue weighted by Gasteiger charge is 2.34. The van der Waals surface area contributed by atoms with Crippen LogP contribution in [0.2, 0.25) is 0 Å². The summed E-state index contributed by atoms with van der Waals surface area (Å²) >= 11 is 0. The zero-order valence-electron chi connectivity index (χ0n) is 51.3. The van der Waals surface area contributed by atoms with E-state index in [9.17, 15) is 23.7 Å². The minimum atomic E-state index is -4.16. The van der Waals surface area contributed by atoms with Crippen molar-refractivity contribution in [2.24, 2.45) is 5.41 Å². The maximum absolute atomic E-state index is 13.6. The van der Waals surface area contributed by atoms with Crippen molar-refractivity contribution in [2.75, 3.05) is 53.7 Å². The number of esters is 2. The monoisotopic (exact) mass is 1130 g/mol. The summed E-state index contributed by atoms with van der Waals surface area (Å²) in [6.45, 7) is 13.9. The molecule has 0 aliphatic heterocycles. The van der Waals surface area contributed by atoms with E-state index in [2.05, 4.69) is 24.5 Å². The van der Waals surface area contributed by atoms with Gasteiger partial charge in [0.1, 0.15) is 12.7 Å². The topological polar surface area (TPSA) is 183 Å². The molecule has 15 nitrogen and oxygen atoms in total. The Bertz CT molecular complexity index is 1610. The highest BCUT2D eigenvalue weighted by atomic mass is 31.2. The standard InChI is InChI=1S/C62H117N2O13P/c1-10-12-14-16-18-20-22-24-26-28-30-32-34-36-38-44-56(65)72-50-55(76-57(66)45-39-37-35-33-31-29-27-25-23-21-19-17-15-13-11-2)51-75-78(69,71-9)74-49-48-63-58(67)62(7)46-40-42-54(43-41-47-62)77-59(68)64-52-60(3,4)73-53-61(5,6)70-8/h40,42,54-55H,10-39,41,43-53H2,1-9H3,(H,63,67)(H,64,68)/b42-40+. The van der Waals surface area contributed by atoms with Crippen molar-refractivity contribution in [1.29, 1.82) is 0 Å². The Morgan fingerprint density at radius 2 is 1.10 bits per heavy atom. The van der Waals surface area contributed by atoms with Crippen LogP contribution in [0.3, 0.4) is 0 Å². The zero-order valence-corrected chi connectivity index (χ0v) is 52.2. The number of ether oxygens (including phenoxy) is 5. The average Bonchev–Trinajstić information content (AvgIpc) is 3.41. The number of rotatable bonds is 51. The van der Waals surface area contributed by atoms with Gasteiger partial charge in [0, 0.05) is 45.6 Å². The minimum absolute atomic E-state index is 0.0262. The fraction of sp³-hybridized carbons (Fsp3) is 0.903. The summed E-state index contributed by atoms with van der Waals surface area (Å²) in [5.74, 6) is -1.03. The first kappa shape index (κ1) is 73.5. The van der Waals surface area contributed by atoms with Gasteiger partial charge >= 0.3 is 25.9 Å². The Kier molecular flexibility index (Phi) is 43.3. The number of alkyl carbamates (subject to hydrolysis) is 1. The largest absolute Gasteiger partial charge is 0.474 e. The van der Waals surface area contributed by atoms with Gasteiger partial charge in [0.15, 0.2) is 6.10 Å². The predicted molar refractivity (Wildman–Crippen MR) is 315 cm³/mol. The molecule has 16 heteroatoms. The maximum atomic E-state index is 13.6. The summed E-state index contributed by atoms with van der Waals surface area (Å²) in [5, 5.41) is 5.69. The second-order valence-electron chi connectivity index (χ2n) is 23.6. The van der Waals surface area contributed by atoms with Crippen LogP contribution in [0.15, 0.2) is 12.2 Å². The smallest absolute Gasteiger partial charge is 0.462 e. The highest BCUT2D eigenvalue weighted by molar-refractivity contribution is 7.48. The SMILES string of the molecule is CCCCCCCCCCCCCCCCCC(=O)OCC(COP(=O)(OC)OCCNC(=O)C1(C)C/C=C/C(OC(=O)NCC(C)(C)OCC(C)(C)OC)CCC1)OC(=O)CCCCCCCCCCCCCCCCC. The molecule has 0 aromatic heterocycles. The third-order valence-corrected chi connectivity index (χ3v) is 16.4. The fourth-order valence-electron chi connectivity index (χ4n) is 9.37. The lowest BCUT2D eigenvalue weighted by atomic mass is 9.79. The van der Waals surface area contributed by atoms with E-state index in [1.165, 1.54) is 155 Å². The summed E-state index contributed by atoms with van der Waals surface area (Å²) in [6, 6.07) is 0. The molecule has 1 aliphatic carbocycles. The second-order valence-corrected chi connectivity index (χ2v) is 25.4. The number of methoxy groups -OCH3 is 1. The molecule has 0 aromatic carbocycles. The Labute approximate surface area is 476 Å². The van der Waals surface area contributed by atoms with Crippen LogP contribution in [-0.2, 0) is 56.2 Å². The number of phosphoric ester groups is 1. The van der Waals surface area contributed by atoms with Crippen LogP contribution in [0, 0.1) is 5.41 Å². The lowest BCUT2D eigenvalue weighted by Gasteiger charge is -2.31. The van der Waals surface area contributed by atoms with E-state index in [4.69, 9.17) is 37.3 Å². The lowest BCUT2D eigenvalue weighted by molar-refractivity contribution is -0.161. The van der Waals surface area contributed by atoms with Gasteiger partial charge in [-0.3, -0.25) is 28.0 Å². The van der Waals surface area contributed by atoms with Gasteiger partial charge in [-0.2, -0.15) is 0 Å². The number of nitrogens with one attached hydrogen (secondary N) is 2. The third-order valence-electron chi connectivity index (χ3n) is 14.9. The predicted octanol–water partition coefficient (Wildman–Crippen LogP) is 16.3. The molecule has 0 bridgehead atoms. The molecule has 0 spiro atoms. The molecule has 78 heavy (non-hydrogen) atoms. The first-order valence-corrected chi connectivity index (χ1v) is 32.8. The molecule has 0 aromatic rings. The van der Waals surface area contributed by atoms with Gasteiger partial charge < -0.3 is 34.3 Å². The van der Waals surface area contributed by atoms with Crippen molar-refractivity contribution < 1.29 is 61.0 Å². The van der Waals surface area contributed by atoms with E-state index < -0.39 is 48.7 Å². The van der Waals surface area contributed by atoms with Crippen LogP contribution in [0.25, 0.3) is 0 Å². The molecule has 4 unspecified atom stereocenters. The fourth-order valence-corrected chi connectivity index (χ4v) is 10.3. The molecule has 0 heterocycles. The molecular weight excluding hydrogens is 1010 g/mol. The highest BCUT2D eigenvalue weighted by Crippen LogP contribution is 2.48. The molecule has 0 radical (unpaired) electrons. The van der Waals surface area contributed by atoms with Crippen LogP contribution in [-0.4, -0.2) is 101 Å². The van der Waals surface area contributed by atoms with Crippen molar-refractivity contribution in [2.45, 2.75) is 303 Å². The summed E-state index contributed by atoms with van der Waals surface area (Å²) in [5.41, 5.74) is -1.83. The number of allylic oxidation sites excluding steroid dienone is 1. The molecule has 0 fully saturated rings. The van der Waals surface area contributed by atoms with Gasteiger partial charge in [0.25, 0.3) is 0 Å². The van der Waals surface area contributed by atoms with Gasteiger partial charge in [-0.15, -0.1) is 0 Å². The van der Waals surface area contributed by atoms with Gasteiger partial charge in [-0.1, -0.05) is 207 Å². The average molecular weight is 1130 g/mol. The van der Waals surface area contributed by atoms with Crippen LogP contribution in [0.5, 0.6) is 0 Å². The van der Waals surface area contributed by atoms with Crippen molar-refractivity contribution in [1.82, 2.24) is 10.6 Å². The molecular formula is C62H117N2O13P. The van der Waals surface area contributed by atoms with Crippen molar-refractivity contribution >= 4 is 31.8 Å². The molecule has 0 saturated heterocycles. The molecule has 0 saturated carbocycles. The quantitative estimate of drug-likeness (QED) is 0.0193. The van der Waals surface area contributed by atoms with E-state index in [1.807, 2.05) is 46.8 Å². The van der Waals surface area contributed by atoms with Crippen molar-refractivity contribution in [3.63, 3.8) is 0 Å². The number of hydrogen-bond donors (Lipinski definition) is 2. The van der Waals surface area contributed by atoms with Gasteiger partial charge in [0.05, 0.1) is 31.0 Å². The summed E-state index contributed by atoms with van der Waals surface area (Å²) < 4.78 is 58.4. The van der Waals surface area contributed by atoms with E-state index in [1.54, 1.807) is 7.11 Å². The lowest BCUT2D eigenvalue weighted by Crippen LogP contribution is -2.44. The van der Waals surface area contributed by atoms with E-state index in [-0.39, 0.29) is 57.6 Å². The van der Waals surface area contributed by atoms with Gasteiger partial charge in [-0.05, 0) is 72.3 Å². The molecule has 2 N–H and O–H groups in total. The zero-order chi connectivity index (χ0) is 57.6. The molecule has 458 valence electrons. The Morgan fingerprint density at radius 1 is 0.628 bits per heavy atom.